The first-order valence-electron chi connectivity index (χ1n) is 9.14. The molecule has 2 heterocycles. The summed E-state index contributed by atoms with van der Waals surface area (Å²) in [6.07, 6.45) is 1.55. The Morgan fingerprint density at radius 2 is 1.88 bits per heavy atom. The summed E-state index contributed by atoms with van der Waals surface area (Å²) in [6.45, 7) is 6.62. The molecule has 2 fully saturated rings. The standard InChI is InChI=1S/C19H26N2O3S2/c1-4-15(5-2)18(22)20-19-21(10-14-8-6-13(3)7-9-14)16-11-26(23,24)12-17(16)25-19/h6-9,15-17H,4-5,10-12H2,1-3H3. The Morgan fingerprint density at radius 1 is 1.23 bits per heavy atom. The van der Waals surface area contributed by atoms with Crippen molar-refractivity contribution in [2.75, 3.05) is 11.5 Å². The fourth-order valence-corrected chi connectivity index (χ4v) is 7.49. The van der Waals surface area contributed by atoms with Crippen molar-refractivity contribution in [3.63, 3.8) is 0 Å². The van der Waals surface area contributed by atoms with Gasteiger partial charge in [0, 0.05) is 17.7 Å². The van der Waals surface area contributed by atoms with E-state index in [0.717, 1.165) is 18.4 Å². The highest BCUT2D eigenvalue weighted by atomic mass is 32.2. The normalized spacial score (nSPS) is 25.8. The number of benzene rings is 1. The van der Waals surface area contributed by atoms with Gasteiger partial charge in [-0.3, -0.25) is 4.79 Å². The van der Waals surface area contributed by atoms with Crippen LogP contribution in [0, 0.1) is 12.8 Å². The lowest BCUT2D eigenvalue weighted by Crippen LogP contribution is -2.37. The van der Waals surface area contributed by atoms with Crippen molar-refractivity contribution < 1.29 is 13.2 Å². The smallest absolute Gasteiger partial charge is 0.251 e. The molecule has 0 aromatic heterocycles. The van der Waals surface area contributed by atoms with E-state index >= 15 is 0 Å². The molecule has 142 valence electrons. The molecule has 0 saturated carbocycles. The molecular weight excluding hydrogens is 368 g/mol. The highest BCUT2D eigenvalue weighted by Crippen LogP contribution is 2.39. The molecule has 1 amide bonds. The average Bonchev–Trinajstić information content (AvgIpc) is 3.03. The molecule has 7 heteroatoms. The molecule has 2 atom stereocenters. The molecule has 2 unspecified atom stereocenters. The van der Waals surface area contributed by atoms with Gasteiger partial charge in [0.1, 0.15) is 0 Å². The molecule has 26 heavy (non-hydrogen) atoms. The number of rotatable bonds is 5. The van der Waals surface area contributed by atoms with Gasteiger partial charge in [-0.25, -0.2) is 8.42 Å². The van der Waals surface area contributed by atoms with Gasteiger partial charge in [0.05, 0.1) is 17.5 Å². The summed E-state index contributed by atoms with van der Waals surface area (Å²) in [7, 11) is -3.02. The number of fused-ring (bicyclic) bond motifs is 1. The number of aliphatic imine (C=N–C) groups is 1. The number of nitrogens with zero attached hydrogens (tertiary/aromatic N) is 2. The molecule has 0 bridgehead atoms. The van der Waals surface area contributed by atoms with Crippen molar-refractivity contribution >= 4 is 32.7 Å². The molecule has 2 aliphatic heterocycles. The van der Waals surface area contributed by atoms with Crippen molar-refractivity contribution in [1.82, 2.24) is 4.90 Å². The Hall–Kier alpha value is -1.34. The quantitative estimate of drug-likeness (QED) is 0.768. The number of aryl methyl sites for hydroxylation is 1. The van der Waals surface area contributed by atoms with Gasteiger partial charge in [-0.15, -0.1) is 0 Å². The van der Waals surface area contributed by atoms with Gasteiger partial charge in [0.15, 0.2) is 15.0 Å². The number of thioether (sulfide) groups is 1. The van der Waals surface area contributed by atoms with Crippen LogP contribution in [0.3, 0.4) is 0 Å². The van der Waals surface area contributed by atoms with Crippen molar-refractivity contribution in [1.29, 1.82) is 0 Å². The molecule has 3 rings (SSSR count). The van der Waals surface area contributed by atoms with Gasteiger partial charge in [0.2, 0.25) is 0 Å². The summed E-state index contributed by atoms with van der Waals surface area (Å²) in [4.78, 5) is 19.0. The van der Waals surface area contributed by atoms with Crippen molar-refractivity contribution in [2.45, 2.75) is 51.4 Å². The maximum absolute atomic E-state index is 12.5. The predicted octanol–water partition coefficient (Wildman–Crippen LogP) is 3.03. The van der Waals surface area contributed by atoms with Gasteiger partial charge in [-0.1, -0.05) is 55.4 Å². The fourth-order valence-electron chi connectivity index (χ4n) is 3.53. The monoisotopic (exact) mass is 394 g/mol. The lowest BCUT2D eigenvalue weighted by molar-refractivity contribution is -0.121. The minimum atomic E-state index is -3.02. The Labute approximate surface area is 160 Å². The Bertz CT molecular complexity index is 799. The van der Waals surface area contributed by atoms with Crippen LogP contribution in [-0.2, 0) is 21.2 Å². The number of carbonyl (C=O) groups excluding carboxylic acids is 1. The van der Waals surface area contributed by atoms with E-state index in [2.05, 4.69) is 17.1 Å². The minimum Gasteiger partial charge on any atom is -0.342 e. The van der Waals surface area contributed by atoms with E-state index in [9.17, 15) is 13.2 Å². The van der Waals surface area contributed by atoms with Crippen LogP contribution in [0.2, 0.25) is 0 Å². The van der Waals surface area contributed by atoms with Crippen LogP contribution in [0.4, 0.5) is 0 Å². The first kappa shape index (κ1) is 19.4. The zero-order chi connectivity index (χ0) is 18.9. The van der Waals surface area contributed by atoms with Crippen LogP contribution in [-0.4, -0.2) is 47.2 Å². The third kappa shape index (κ3) is 4.14. The number of carbonyl (C=O) groups is 1. The second kappa shape index (κ2) is 7.72. The number of hydrogen-bond acceptors (Lipinski definition) is 4. The summed E-state index contributed by atoms with van der Waals surface area (Å²) < 4.78 is 24.1. The van der Waals surface area contributed by atoms with E-state index in [-0.39, 0.29) is 34.6 Å². The number of sulfone groups is 1. The molecule has 2 saturated heterocycles. The Morgan fingerprint density at radius 3 is 2.50 bits per heavy atom. The summed E-state index contributed by atoms with van der Waals surface area (Å²) in [5, 5.41) is 0.658. The highest BCUT2D eigenvalue weighted by Gasteiger charge is 2.48. The predicted molar refractivity (Wildman–Crippen MR) is 107 cm³/mol. The van der Waals surface area contributed by atoms with Gasteiger partial charge < -0.3 is 4.90 Å². The Balaban J connectivity index is 1.88. The van der Waals surface area contributed by atoms with Gasteiger partial charge >= 0.3 is 0 Å². The first-order chi connectivity index (χ1) is 12.3. The lowest BCUT2D eigenvalue weighted by Gasteiger charge is -2.24. The van der Waals surface area contributed by atoms with Gasteiger partial charge in [-0.05, 0) is 25.3 Å². The molecule has 0 radical (unpaired) electrons. The largest absolute Gasteiger partial charge is 0.342 e. The Kier molecular flexibility index (Phi) is 5.77. The number of amidine groups is 1. The molecular formula is C19H26N2O3S2. The van der Waals surface area contributed by atoms with Gasteiger partial charge in [0.25, 0.3) is 5.91 Å². The second-order valence-electron chi connectivity index (χ2n) is 7.16. The molecule has 0 spiro atoms. The molecule has 5 nitrogen and oxygen atoms in total. The van der Waals surface area contributed by atoms with E-state index in [1.807, 2.05) is 37.8 Å². The van der Waals surface area contributed by atoms with E-state index in [4.69, 9.17) is 0 Å². The van der Waals surface area contributed by atoms with E-state index < -0.39 is 9.84 Å². The third-order valence-electron chi connectivity index (χ3n) is 5.19. The zero-order valence-corrected chi connectivity index (χ0v) is 17.1. The zero-order valence-electron chi connectivity index (χ0n) is 15.5. The van der Waals surface area contributed by atoms with Crippen LogP contribution < -0.4 is 0 Å². The van der Waals surface area contributed by atoms with Crippen LogP contribution in [0.5, 0.6) is 0 Å². The van der Waals surface area contributed by atoms with Crippen LogP contribution in [0.25, 0.3) is 0 Å². The van der Waals surface area contributed by atoms with Crippen molar-refractivity contribution in [2.24, 2.45) is 10.9 Å². The molecule has 0 N–H and O–H groups in total. The topological polar surface area (TPSA) is 66.8 Å². The molecule has 2 aliphatic rings. The maximum atomic E-state index is 12.5. The lowest BCUT2D eigenvalue weighted by atomic mass is 10.0. The summed E-state index contributed by atoms with van der Waals surface area (Å²) in [6, 6.07) is 8.11. The molecule has 1 aromatic rings. The first-order valence-corrected chi connectivity index (χ1v) is 11.8. The van der Waals surface area contributed by atoms with E-state index in [1.165, 1.54) is 17.3 Å². The van der Waals surface area contributed by atoms with Crippen LogP contribution >= 0.6 is 11.8 Å². The summed E-state index contributed by atoms with van der Waals surface area (Å²) in [5.41, 5.74) is 2.28. The average molecular weight is 395 g/mol. The van der Waals surface area contributed by atoms with Crippen molar-refractivity contribution in [3.05, 3.63) is 35.4 Å². The van der Waals surface area contributed by atoms with Gasteiger partial charge in [-0.2, -0.15) is 4.99 Å². The maximum Gasteiger partial charge on any atom is 0.251 e. The van der Waals surface area contributed by atoms with Crippen molar-refractivity contribution in [3.8, 4) is 0 Å². The van der Waals surface area contributed by atoms with E-state index in [0.29, 0.717) is 11.7 Å². The van der Waals surface area contributed by atoms with Crippen LogP contribution in [0.1, 0.15) is 37.8 Å². The third-order valence-corrected chi connectivity index (χ3v) is 8.44. The highest BCUT2D eigenvalue weighted by molar-refractivity contribution is 8.15. The summed E-state index contributed by atoms with van der Waals surface area (Å²) in [5.74, 6) is 0.169. The minimum absolute atomic E-state index is 0.0290. The number of hydrogen-bond donors (Lipinski definition) is 0. The SMILES string of the molecule is CCC(CC)C(=O)N=C1SC2CS(=O)(=O)CC2N1Cc1ccc(C)cc1. The molecule has 1 aromatic carbocycles. The van der Waals surface area contributed by atoms with Crippen LogP contribution in [0.15, 0.2) is 29.3 Å². The van der Waals surface area contributed by atoms with E-state index in [1.54, 1.807) is 0 Å². The fraction of sp³-hybridized carbons (Fsp3) is 0.579. The molecule has 0 aliphatic carbocycles. The number of amides is 1. The summed E-state index contributed by atoms with van der Waals surface area (Å²) >= 11 is 1.46. The second-order valence-corrected chi connectivity index (χ2v) is 10.5.